The molecule has 0 fully saturated rings. The molecule has 1 aromatic carbocycles. The first-order chi connectivity index (χ1) is 9.70. The van der Waals surface area contributed by atoms with E-state index < -0.39 is 0 Å². The highest BCUT2D eigenvalue weighted by Crippen LogP contribution is 2.15. The van der Waals surface area contributed by atoms with Crippen LogP contribution in [0.15, 0.2) is 42.7 Å². The molecule has 20 heavy (non-hydrogen) atoms. The lowest BCUT2D eigenvalue weighted by Gasteiger charge is -2.07. The van der Waals surface area contributed by atoms with Gasteiger partial charge < -0.3 is 10.4 Å². The zero-order chi connectivity index (χ0) is 14.4. The second kappa shape index (κ2) is 6.50. The SMILES string of the molecule is Cc1cncc(C(=O)Nc2ccccc2C#CCO)c1. The topological polar surface area (TPSA) is 62.2 Å². The summed E-state index contributed by atoms with van der Waals surface area (Å²) in [6, 6.07) is 8.96. The number of hydrogen-bond acceptors (Lipinski definition) is 3. The molecule has 2 rings (SSSR count). The molecule has 4 nitrogen and oxygen atoms in total. The van der Waals surface area contributed by atoms with Crippen molar-refractivity contribution in [3.63, 3.8) is 0 Å². The largest absolute Gasteiger partial charge is 0.384 e. The van der Waals surface area contributed by atoms with E-state index >= 15 is 0 Å². The van der Waals surface area contributed by atoms with Crippen LogP contribution in [-0.4, -0.2) is 22.6 Å². The highest BCUT2D eigenvalue weighted by Gasteiger charge is 2.08. The number of benzene rings is 1. The molecule has 1 aromatic heterocycles. The van der Waals surface area contributed by atoms with Crippen LogP contribution in [0.25, 0.3) is 0 Å². The van der Waals surface area contributed by atoms with Gasteiger partial charge in [0, 0.05) is 18.0 Å². The minimum Gasteiger partial charge on any atom is -0.384 e. The number of pyridine rings is 1. The van der Waals surface area contributed by atoms with Gasteiger partial charge in [0.15, 0.2) is 0 Å². The Labute approximate surface area is 117 Å². The zero-order valence-corrected chi connectivity index (χ0v) is 11.1. The van der Waals surface area contributed by atoms with Gasteiger partial charge in [-0.1, -0.05) is 24.0 Å². The molecule has 0 saturated carbocycles. The van der Waals surface area contributed by atoms with E-state index in [0.29, 0.717) is 16.8 Å². The number of para-hydroxylation sites is 1. The Bertz CT molecular complexity index is 684. The van der Waals surface area contributed by atoms with Gasteiger partial charge >= 0.3 is 0 Å². The van der Waals surface area contributed by atoms with E-state index in [1.165, 1.54) is 6.20 Å². The van der Waals surface area contributed by atoms with Gasteiger partial charge in [-0.05, 0) is 30.7 Å². The Kier molecular flexibility index (Phi) is 4.48. The summed E-state index contributed by atoms with van der Waals surface area (Å²) in [6.45, 7) is 1.66. The Morgan fingerprint density at radius 1 is 1.35 bits per heavy atom. The van der Waals surface area contributed by atoms with Crippen molar-refractivity contribution in [3.05, 3.63) is 59.4 Å². The van der Waals surface area contributed by atoms with Crippen molar-refractivity contribution < 1.29 is 9.90 Å². The molecule has 1 heterocycles. The van der Waals surface area contributed by atoms with E-state index in [1.807, 2.05) is 19.1 Å². The molecule has 0 aliphatic carbocycles. The summed E-state index contributed by atoms with van der Waals surface area (Å²) in [5.74, 6) is 5.13. The van der Waals surface area contributed by atoms with Crippen LogP contribution in [0.5, 0.6) is 0 Å². The number of carbonyl (C=O) groups excluding carboxylic acids is 1. The Morgan fingerprint density at radius 3 is 2.90 bits per heavy atom. The van der Waals surface area contributed by atoms with Crippen LogP contribution in [0, 0.1) is 18.8 Å². The fourth-order valence-corrected chi connectivity index (χ4v) is 1.71. The molecular weight excluding hydrogens is 252 g/mol. The molecule has 4 heteroatoms. The van der Waals surface area contributed by atoms with Gasteiger partial charge in [-0.25, -0.2) is 0 Å². The number of carbonyl (C=O) groups is 1. The number of anilines is 1. The van der Waals surface area contributed by atoms with Gasteiger partial charge in [0.25, 0.3) is 5.91 Å². The van der Waals surface area contributed by atoms with Crippen molar-refractivity contribution in [1.82, 2.24) is 4.98 Å². The number of aromatic nitrogens is 1. The molecule has 0 unspecified atom stereocenters. The standard InChI is InChI=1S/C16H14N2O2/c1-12-9-14(11-17-10-12)16(20)18-15-7-3-2-5-13(15)6-4-8-19/h2-3,5,7,9-11,19H,8H2,1H3,(H,18,20). The summed E-state index contributed by atoms with van der Waals surface area (Å²) in [7, 11) is 0. The summed E-state index contributed by atoms with van der Waals surface area (Å²) in [4.78, 5) is 16.1. The van der Waals surface area contributed by atoms with E-state index in [1.54, 1.807) is 24.4 Å². The molecule has 0 bridgehead atoms. The van der Waals surface area contributed by atoms with Crippen LogP contribution < -0.4 is 5.32 Å². The molecule has 0 aliphatic rings. The zero-order valence-electron chi connectivity index (χ0n) is 11.1. The maximum absolute atomic E-state index is 12.1. The lowest BCUT2D eigenvalue weighted by Crippen LogP contribution is -2.13. The molecule has 100 valence electrons. The van der Waals surface area contributed by atoms with Crippen LogP contribution in [0.4, 0.5) is 5.69 Å². The molecule has 0 spiro atoms. The predicted octanol–water partition coefficient (Wildman–Crippen LogP) is 1.99. The average molecular weight is 266 g/mol. The smallest absolute Gasteiger partial charge is 0.257 e. The summed E-state index contributed by atoms with van der Waals surface area (Å²) < 4.78 is 0. The number of rotatable bonds is 2. The summed E-state index contributed by atoms with van der Waals surface area (Å²) >= 11 is 0. The van der Waals surface area contributed by atoms with Crippen LogP contribution in [0.2, 0.25) is 0 Å². The Hall–Kier alpha value is -2.64. The number of amides is 1. The van der Waals surface area contributed by atoms with Gasteiger partial charge in [-0.2, -0.15) is 0 Å². The van der Waals surface area contributed by atoms with Gasteiger partial charge in [0.2, 0.25) is 0 Å². The second-order valence-corrected chi connectivity index (χ2v) is 4.21. The summed E-state index contributed by atoms with van der Waals surface area (Å²) in [5, 5.41) is 11.5. The normalized spacial score (nSPS) is 9.50. The second-order valence-electron chi connectivity index (χ2n) is 4.21. The fraction of sp³-hybridized carbons (Fsp3) is 0.125. The van der Waals surface area contributed by atoms with E-state index in [-0.39, 0.29) is 12.5 Å². The molecule has 2 N–H and O–H groups in total. The van der Waals surface area contributed by atoms with Gasteiger partial charge in [0.1, 0.15) is 6.61 Å². The van der Waals surface area contributed by atoms with Crippen LogP contribution >= 0.6 is 0 Å². The number of nitrogens with one attached hydrogen (secondary N) is 1. The van der Waals surface area contributed by atoms with E-state index in [2.05, 4.69) is 22.1 Å². The average Bonchev–Trinajstić information content (AvgIpc) is 2.46. The number of aliphatic hydroxyl groups excluding tert-OH is 1. The summed E-state index contributed by atoms with van der Waals surface area (Å²) in [6.07, 6.45) is 3.21. The van der Waals surface area contributed by atoms with Crippen molar-refractivity contribution in [1.29, 1.82) is 0 Å². The number of aliphatic hydroxyl groups is 1. The monoisotopic (exact) mass is 266 g/mol. The third-order valence-electron chi connectivity index (χ3n) is 2.61. The first-order valence-electron chi connectivity index (χ1n) is 6.12. The molecule has 1 amide bonds. The lowest BCUT2D eigenvalue weighted by atomic mass is 10.1. The molecular formula is C16H14N2O2. The third-order valence-corrected chi connectivity index (χ3v) is 2.61. The molecule has 0 atom stereocenters. The molecule has 0 radical (unpaired) electrons. The first-order valence-corrected chi connectivity index (χ1v) is 6.12. The quantitative estimate of drug-likeness (QED) is 0.817. The number of hydrogen-bond donors (Lipinski definition) is 2. The molecule has 0 aliphatic heterocycles. The Balaban J connectivity index is 2.24. The van der Waals surface area contributed by atoms with Gasteiger partial charge in [-0.3, -0.25) is 9.78 Å². The Morgan fingerprint density at radius 2 is 2.15 bits per heavy atom. The highest BCUT2D eigenvalue weighted by molar-refractivity contribution is 6.04. The van der Waals surface area contributed by atoms with Crippen molar-refractivity contribution in [2.75, 3.05) is 11.9 Å². The minimum absolute atomic E-state index is 0.218. The van der Waals surface area contributed by atoms with Crippen molar-refractivity contribution in [2.24, 2.45) is 0 Å². The highest BCUT2D eigenvalue weighted by atomic mass is 16.2. The van der Waals surface area contributed by atoms with E-state index in [9.17, 15) is 4.79 Å². The van der Waals surface area contributed by atoms with Crippen LogP contribution in [0.1, 0.15) is 21.5 Å². The number of aryl methyl sites for hydroxylation is 1. The van der Waals surface area contributed by atoms with Crippen LogP contribution in [-0.2, 0) is 0 Å². The van der Waals surface area contributed by atoms with E-state index in [0.717, 1.165) is 5.56 Å². The first kappa shape index (κ1) is 13.8. The van der Waals surface area contributed by atoms with Crippen molar-refractivity contribution in [3.8, 4) is 11.8 Å². The fourth-order valence-electron chi connectivity index (χ4n) is 1.71. The van der Waals surface area contributed by atoms with Crippen molar-refractivity contribution >= 4 is 11.6 Å². The molecule has 0 saturated heterocycles. The molecule has 2 aromatic rings. The minimum atomic E-state index is -0.237. The summed E-state index contributed by atoms with van der Waals surface area (Å²) in [5.41, 5.74) is 2.69. The maximum atomic E-state index is 12.1. The van der Waals surface area contributed by atoms with E-state index in [4.69, 9.17) is 5.11 Å². The lowest BCUT2D eigenvalue weighted by molar-refractivity contribution is 0.102. The van der Waals surface area contributed by atoms with Crippen LogP contribution in [0.3, 0.4) is 0 Å². The third kappa shape index (κ3) is 3.44. The van der Waals surface area contributed by atoms with Crippen molar-refractivity contribution in [2.45, 2.75) is 6.92 Å². The maximum Gasteiger partial charge on any atom is 0.257 e. The number of nitrogens with zero attached hydrogens (tertiary/aromatic N) is 1. The predicted molar refractivity (Wildman–Crippen MR) is 77.3 cm³/mol. The van der Waals surface area contributed by atoms with Gasteiger partial charge in [0.05, 0.1) is 11.3 Å². The van der Waals surface area contributed by atoms with Gasteiger partial charge in [-0.15, -0.1) is 0 Å².